The van der Waals surface area contributed by atoms with Gasteiger partial charge in [0.05, 0.1) is 28.1 Å². The summed E-state index contributed by atoms with van der Waals surface area (Å²) >= 11 is 7.32. The monoisotopic (exact) mass is 444 g/mol. The highest BCUT2D eigenvalue weighted by Gasteiger charge is 2.59. The highest BCUT2D eigenvalue weighted by molar-refractivity contribution is 8.01. The van der Waals surface area contributed by atoms with Gasteiger partial charge in [-0.2, -0.15) is 13.2 Å². The van der Waals surface area contributed by atoms with Crippen molar-refractivity contribution in [3.05, 3.63) is 53.4 Å². The van der Waals surface area contributed by atoms with Crippen molar-refractivity contribution in [1.82, 2.24) is 0 Å². The number of para-hydroxylation sites is 1. The molecule has 1 saturated carbocycles. The molecule has 156 valence electrons. The maximum atomic E-state index is 13.9. The Balaban J connectivity index is 1.57. The maximum Gasteiger partial charge on any atom is 0.392 e. The lowest BCUT2D eigenvalue weighted by Gasteiger charge is -2.39. The normalized spacial score (nSPS) is 32.0. The van der Waals surface area contributed by atoms with Crippen LogP contribution < -0.4 is 11.1 Å². The van der Waals surface area contributed by atoms with E-state index in [1.165, 1.54) is 18.0 Å². The van der Waals surface area contributed by atoms with Gasteiger partial charge in [0.25, 0.3) is 0 Å². The summed E-state index contributed by atoms with van der Waals surface area (Å²) in [5.74, 6) is -2.59. The van der Waals surface area contributed by atoms with Crippen LogP contribution in [0.1, 0.15) is 24.5 Å². The first-order valence-corrected chi connectivity index (χ1v) is 10.6. The molecule has 1 saturated heterocycles. The highest BCUT2D eigenvalue weighted by atomic mass is 35.5. The molecule has 0 spiro atoms. The standard InChI is InChI=1S/C20H20ClF3N2O2S/c21-12-4-1-2-5-13(12)26-19(27)18-17(25)16-11(20(22,23)24)8-10(9-15(16)29-18)14-6-3-7-28-14/h1-7,10-11,15-18H,8-9,25H2,(H,26,27). The van der Waals surface area contributed by atoms with Gasteiger partial charge >= 0.3 is 6.18 Å². The molecule has 1 aromatic carbocycles. The van der Waals surface area contributed by atoms with Crippen LogP contribution >= 0.6 is 23.4 Å². The number of hydrogen-bond donors (Lipinski definition) is 2. The lowest BCUT2D eigenvalue weighted by atomic mass is 9.69. The lowest BCUT2D eigenvalue weighted by molar-refractivity contribution is -0.198. The molecule has 29 heavy (non-hydrogen) atoms. The van der Waals surface area contributed by atoms with Crippen LogP contribution in [0.3, 0.4) is 0 Å². The van der Waals surface area contributed by atoms with Gasteiger partial charge in [-0.3, -0.25) is 4.79 Å². The van der Waals surface area contributed by atoms with Crippen molar-refractivity contribution in [3.63, 3.8) is 0 Å². The Bertz CT molecular complexity index is 877. The van der Waals surface area contributed by atoms with Gasteiger partial charge in [-0.1, -0.05) is 23.7 Å². The number of nitrogens with one attached hydrogen (secondary N) is 1. The molecule has 9 heteroatoms. The molecule has 2 fully saturated rings. The van der Waals surface area contributed by atoms with E-state index in [1.54, 1.807) is 36.4 Å². The number of fused-ring (bicyclic) bond motifs is 1. The van der Waals surface area contributed by atoms with E-state index < -0.39 is 35.2 Å². The molecular formula is C20H20ClF3N2O2S. The van der Waals surface area contributed by atoms with Crippen molar-refractivity contribution in [2.45, 2.75) is 41.5 Å². The van der Waals surface area contributed by atoms with Gasteiger partial charge in [0.15, 0.2) is 0 Å². The minimum Gasteiger partial charge on any atom is -0.469 e. The second-order valence-electron chi connectivity index (χ2n) is 7.55. The molecule has 0 bridgehead atoms. The lowest BCUT2D eigenvalue weighted by Crippen LogP contribution is -2.50. The van der Waals surface area contributed by atoms with E-state index in [-0.39, 0.29) is 17.6 Å². The molecule has 6 unspecified atom stereocenters. The summed E-state index contributed by atoms with van der Waals surface area (Å²) in [7, 11) is 0. The fourth-order valence-electron chi connectivity index (χ4n) is 4.51. The number of amides is 1. The van der Waals surface area contributed by atoms with Gasteiger partial charge in [-0.05, 0) is 43.0 Å². The van der Waals surface area contributed by atoms with Crippen LogP contribution in [0, 0.1) is 11.8 Å². The van der Waals surface area contributed by atoms with Crippen molar-refractivity contribution < 1.29 is 22.4 Å². The second kappa shape index (κ2) is 7.89. The summed E-state index contributed by atoms with van der Waals surface area (Å²) in [5.41, 5.74) is 6.66. The molecule has 2 aliphatic rings. The third-order valence-corrected chi connectivity index (χ3v) is 7.83. The molecule has 4 rings (SSSR count). The Kier molecular flexibility index (Phi) is 5.61. The molecule has 1 aromatic heterocycles. The minimum absolute atomic E-state index is 0.0781. The first-order chi connectivity index (χ1) is 13.8. The molecule has 0 radical (unpaired) electrons. The van der Waals surface area contributed by atoms with Crippen molar-refractivity contribution in [2.24, 2.45) is 17.6 Å². The average Bonchev–Trinajstić information content (AvgIpc) is 3.30. The molecule has 4 nitrogen and oxygen atoms in total. The third kappa shape index (κ3) is 4.02. The highest BCUT2D eigenvalue weighted by Crippen LogP contribution is 2.56. The van der Waals surface area contributed by atoms with Crippen LogP contribution in [0.4, 0.5) is 18.9 Å². The Morgan fingerprint density at radius 2 is 1.97 bits per heavy atom. The molecular weight excluding hydrogens is 425 g/mol. The number of benzene rings is 1. The summed E-state index contributed by atoms with van der Waals surface area (Å²) in [4.78, 5) is 12.8. The van der Waals surface area contributed by atoms with Crippen LogP contribution in [0.2, 0.25) is 5.02 Å². The summed E-state index contributed by atoms with van der Waals surface area (Å²) < 4.78 is 47.0. The van der Waals surface area contributed by atoms with Gasteiger partial charge < -0.3 is 15.5 Å². The molecule has 6 atom stereocenters. The van der Waals surface area contributed by atoms with Crippen molar-refractivity contribution in [2.75, 3.05) is 5.32 Å². The number of alkyl halides is 3. The molecule has 1 aliphatic carbocycles. The Labute approximate surface area is 175 Å². The van der Waals surface area contributed by atoms with Crippen molar-refractivity contribution in [1.29, 1.82) is 0 Å². The average molecular weight is 445 g/mol. The van der Waals surface area contributed by atoms with Gasteiger partial charge in [0.1, 0.15) is 5.76 Å². The molecule has 3 N–H and O–H groups in total. The van der Waals surface area contributed by atoms with E-state index in [4.69, 9.17) is 21.8 Å². The number of nitrogens with two attached hydrogens (primary N) is 1. The predicted molar refractivity (Wildman–Crippen MR) is 107 cm³/mol. The van der Waals surface area contributed by atoms with E-state index >= 15 is 0 Å². The van der Waals surface area contributed by atoms with Crippen LogP contribution in [-0.2, 0) is 4.79 Å². The summed E-state index contributed by atoms with van der Waals surface area (Å²) in [6, 6.07) is 9.21. The number of carbonyl (C=O) groups is 1. The smallest absolute Gasteiger partial charge is 0.392 e. The topological polar surface area (TPSA) is 68.3 Å². The van der Waals surface area contributed by atoms with E-state index in [0.717, 1.165) is 0 Å². The molecule has 2 aromatic rings. The number of rotatable bonds is 3. The SMILES string of the molecule is NC1C(C(=O)Nc2ccccc2Cl)SC2CC(c3ccco3)CC(C(F)(F)F)C21. The van der Waals surface area contributed by atoms with Gasteiger partial charge in [0.2, 0.25) is 5.91 Å². The summed E-state index contributed by atoms with van der Waals surface area (Å²) in [5, 5.41) is 1.93. The largest absolute Gasteiger partial charge is 0.469 e. The van der Waals surface area contributed by atoms with Crippen LogP contribution in [0.25, 0.3) is 0 Å². The summed E-state index contributed by atoms with van der Waals surface area (Å²) in [6.45, 7) is 0. The first-order valence-electron chi connectivity index (χ1n) is 9.32. The second-order valence-corrected chi connectivity index (χ2v) is 9.34. The van der Waals surface area contributed by atoms with E-state index in [9.17, 15) is 18.0 Å². The fourth-order valence-corrected chi connectivity index (χ4v) is 6.51. The number of hydrogen-bond acceptors (Lipinski definition) is 4. The number of anilines is 1. The first kappa shape index (κ1) is 20.6. The van der Waals surface area contributed by atoms with Crippen molar-refractivity contribution >= 4 is 35.0 Å². The van der Waals surface area contributed by atoms with Crippen LogP contribution in [-0.4, -0.2) is 28.6 Å². The quantitative estimate of drug-likeness (QED) is 0.694. The molecule has 2 heterocycles. The van der Waals surface area contributed by atoms with E-state index in [0.29, 0.717) is 22.9 Å². The zero-order valence-electron chi connectivity index (χ0n) is 15.2. The van der Waals surface area contributed by atoms with Crippen LogP contribution in [0.5, 0.6) is 0 Å². The Hall–Kier alpha value is -1.64. The fraction of sp³-hybridized carbons (Fsp3) is 0.450. The number of thioether (sulfide) groups is 1. The van der Waals surface area contributed by atoms with E-state index in [2.05, 4.69) is 5.32 Å². The van der Waals surface area contributed by atoms with E-state index in [1.807, 2.05) is 0 Å². The number of halogens is 4. The molecule has 1 amide bonds. The Morgan fingerprint density at radius 3 is 2.62 bits per heavy atom. The third-order valence-electron chi connectivity index (χ3n) is 5.82. The van der Waals surface area contributed by atoms with Crippen molar-refractivity contribution in [3.8, 4) is 0 Å². The minimum atomic E-state index is -4.39. The summed E-state index contributed by atoms with van der Waals surface area (Å²) in [6.07, 6.45) is -2.50. The van der Waals surface area contributed by atoms with Gasteiger partial charge in [-0.15, -0.1) is 11.8 Å². The maximum absolute atomic E-state index is 13.9. The number of furan rings is 1. The number of carbonyl (C=O) groups excluding carboxylic acids is 1. The Morgan fingerprint density at radius 1 is 1.21 bits per heavy atom. The molecule has 1 aliphatic heterocycles. The van der Waals surface area contributed by atoms with Gasteiger partial charge in [0, 0.05) is 17.2 Å². The zero-order chi connectivity index (χ0) is 20.8. The predicted octanol–water partition coefficient (Wildman–Crippen LogP) is 5.06. The van der Waals surface area contributed by atoms with Crippen LogP contribution in [0.15, 0.2) is 47.1 Å². The zero-order valence-corrected chi connectivity index (χ0v) is 16.8. The van der Waals surface area contributed by atoms with Gasteiger partial charge in [-0.25, -0.2) is 0 Å².